The van der Waals surface area contributed by atoms with Crippen LogP contribution in [0.5, 0.6) is 0 Å². The number of imidazole rings is 1. The fourth-order valence-corrected chi connectivity index (χ4v) is 2.43. The summed E-state index contributed by atoms with van der Waals surface area (Å²) < 4.78 is 1.84. The highest BCUT2D eigenvalue weighted by molar-refractivity contribution is 5.84. The topological polar surface area (TPSA) is 72.0 Å². The second kappa shape index (κ2) is 4.18. The summed E-state index contributed by atoms with van der Waals surface area (Å²) in [5, 5.41) is 4.34. The average Bonchev–Trinajstić information content (AvgIpc) is 3.09. The average molecular weight is 263 g/mol. The number of nitrogens with zero attached hydrogens (tertiary/aromatic N) is 3. The zero-order valence-electron chi connectivity index (χ0n) is 10.7. The van der Waals surface area contributed by atoms with Crippen LogP contribution in [0, 0.1) is 0 Å². The molecule has 0 radical (unpaired) electrons. The van der Waals surface area contributed by atoms with Gasteiger partial charge in [-0.15, -0.1) is 0 Å². The maximum atomic E-state index is 5.67. The van der Waals surface area contributed by atoms with E-state index in [9.17, 15) is 0 Å². The maximum Gasteiger partial charge on any atom is 0.142 e. The molecule has 4 aromatic rings. The third-order valence-electron chi connectivity index (χ3n) is 3.46. The van der Waals surface area contributed by atoms with Gasteiger partial charge in [0.05, 0.1) is 28.3 Å². The number of aromatic nitrogens is 4. The second-order valence-corrected chi connectivity index (χ2v) is 4.73. The minimum Gasteiger partial charge on any atom is -0.338 e. The van der Waals surface area contributed by atoms with E-state index in [1.807, 2.05) is 53.3 Å². The number of fused-ring (bicyclic) bond motifs is 2. The fraction of sp³-hybridized carbons (Fsp3) is 0.0667. The van der Waals surface area contributed by atoms with Crippen LogP contribution in [0.25, 0.3) is 27.9 Å². The lowest BCUT2D eigenvalue weighted by molar-refractivity contribution is 0.961. The number of nitrogens with two attached hydrogens (primary N) is 1. The van der Waals surface area contributed by atoms with E-state index in [-0.39, 0.29) is 0 Å². The molecule has 3 N–H and O–H groups in total. The van der Waals surface area contributed by atoms with Gasteiger partial charge in [0.2, 0.25) is 0 Å². The molecule has 0 bridgehead atoms. The monoisotopic (exact) mass is 263 g/mol. The van der Waals surface area contributed by atoms with Gasteiger partial charge in [0.15, 0.2) is 0 Å². The van der Waals surface area contributed by atoms with E-state index in [1.54, 1.807) is 0 Å². The Bertz CT molecular complexity index is 903. The quantitative estimate of drug-likeness (QED) is 0.583. The first-order valence-electron chi connectivity index (χ1n) is 6.46. The van der Waals surface area contributed by atoms with Crippen molar-refractivity contribution in [3.05, 3.63) is 54.4 Å². The van der Waals surface area contributed by atoms with Gasteiger partial charge in [-0.3, -0.25) is 0 Å². The number of nitrogens with one attached hydrogen (secondary N) is 1. The van der Waals surface area contributed by atoms with Gasteiger partial charge in [-0.2, -0.15) is 5.10 Å². The minimum absolute atomic E-state index is 0.529. The Balaban J connectivity index is 1.93. The van der Waals surface area contributed by atoms with Crippen LogP contribution in [0.2, 0.25) is 0 Å². The molecule has 0 aliphatic carbocycles. The van der Waals surface area contributed by atoms with Crippen LogP contribution in [0.3, 0.4) is 0 Å². The Kier molecular flexibility index (Phi) is 2.34. The molecular formula is C15H13N5. The van der Waals surface area contributed by atoms with E-state index in [4.69, 9.17) is 5.73 Å². The first-order valence-corrected chi connectivity index (χ1v) is 6.46. The van der Waals surface area contributed by atoms with E-state index in [0.717, 1.165) is 33.5 Å². The molecule has 0 saturated heterocycles. The van der Waals surface area contributed by atoms with Gasteiger partial charge < -0.3 is 10.7 Å². The molecule has 0 saturated carbocycles. The van der Waals surface area contributed by atoms with Gasteiger partial charge >= 0.3 is 0 Å². The Hall–Kier alpha value is -2.66. The first-order chi connectivity index (χ1) is 9.85. The number of rotatable bonds is 2. The predicted octanol–water partition coefficient (Wildman–Crippen LogP) is 2.34. The predicted molar refractivity (Wildman–Crippen MR) is 78.2 cm³/mol. The van der Waals surface area contributed by atoms with Crippen LogP contribution in [-0.2, 0) is 6.54 Å². The number of aromatic amines is 1. The lowest BCUT2D eigenvalue weighted by atomic mass is 10.2. The van der Waals surface area contributed by atoms with Crippen molar-refractivity contribution in [2.24, 2.45) is 5.73 Å². The highest BCUT2D eigenvalue weighted by Gasteiger charge is 2.10. The minimum atomic E-state index is 0.529. The molecule has 98 valence electrons. The largest absolute Gasteiger partial charge is 0.338 e. The van der Waals surface area contributed by atoms with E-state index >= 15 is 0 Å². The van der Waals surface area contributed by atoms with Crippen LogP contribution in [0.4, 0.5) is 0 Å². The molecule has 3 heterocycles. The van der Waals surface area contributed by atoms with Crippen molar-refractivity contribution in [3.8, 4) is 11.4 Å². The van der Waals surface area contributed by atoms with Crippen molar-refractivity contribution >= 4 is 16.6 Å². The number of H-pyrrole nitrogens is 1. The second-order valence-electron chi connectivity index (χ2n) is 4.73. The number of pyridine rings is 1. The highest BCUT2D eigenvalue weighted by atomic mass is 15.2. The van der Waals surface area contributed by atoms with Gasteiger partial charge in [-0.25, -0.2) is 9.50 Å². The van der Waals surface area contributed by atoms with Crippen molar-refractivity contribution in [2.75, 3.05) is 0 Å². The molecule has 0 amide bonds. The number of hydrogen-bond acceptors (Lipinski definition) is 3. The van der Waals surface area contributed by atoms with Crippen LogP contribution < -0.4 is 5.73 Å². The molecule has 0 unspecified atom stereocenters. The van der Waals surface area contributed by atoms with Gasteiger partial charge in [0, 0.05) is 12.7 Å². The van der Waals surface area contributed by atoms with E-state index in [0.29, 0.717) is 6.54 Å². The number of hydrogen-bond donors (Lipinski definition) is 2. The van der Waals surface area contributed by atoms with Crippen LogP contribution >= 0.6 is 0 Å². The summed E-state index contributed by atoms with van der Waals surface area (Å²) in [5.41, 5.74) is 10.7. The smallest absolute Gasteiger partial charge is 0.142 e. The third kappa shape index (κ3) is 1.60. The molecule has 0 aliphatic rings. The molecule has 1 aromatic carbocycles. The summed E-state index contributed by atoms with van der Waals surface area (Å²) in [5.74, 6) is 0.829. The van der Waals surface area contributed by atoms with Crippen molar-refractivity contribution in [2.45, 2.75) is 6.54 Å². The Morgan fingerprint density at radius 3 is 3.05 bits per heavy atom. The summed E-state index contributed by atoms with van der Waals surface area (Å²) in [6.45, 7) is 0.529. The van der Waals surface area contributed by atoms with Crippen molar-refractivity contribution < 1.29 is 0 Å². The molecule has 3 aromatic heterocycles. The van der Waals surface area contributed by atoms with E-state index in [1.165, 1.54) is 0 Å². The van der Waals surface area contributed by atoms with Crippen molar-refractivity contribution in [1.29, 1.82) is 0 Å². The van der Waals surface area contributed by atoms with Crippen molar-refractivity contribution in [1.82, 2.24) is 19.6 Å². The summed E-state index contributed by atoms with van der Waals surface area (Å²) in [6, 6.07) is 12.0. The highest BCUT2D eigenvalue weighted by Crippen LogP contribution is 2.24. The van der Waals surface area contributed by atoms with E-state index < -0.39 is 0 Å². The zero-order chi connectivity index (χ0) is 13.5. The molecule has 5 nitrogen and oxygen atoms in total. The Morgan fingerprint density at radius 2 is 2.15 bits per heavy atom. The molecule has 0 aliphatic heterocycles. The van der Waals surface area contributed by atoms with Gasteiger partial charge in [0.1, 0.15) is 5.82 Å². The normalized spacial score (nSPS) is 11.4. The molecule has 4 rings (SSSR count). The summed E-state index contributed by atoms with van der Waals surface area (Å²) in [4.78, 5) is 7.98. The van der Waals surface area contributed by atoms with Gasteiger partial charge in [-0.05, 0) is 29.8 Å². The Labute approximate surface area is 115 Å². The van der Waals surface area contributed by atoms with Crippen molar-refractivity contribution in [3.63, 3.8) is 0 Å². The maximum absolute atomic E-state index is 5.67. The van der Waals surface area contributed by atoms with Gasteiger partial charge in [-0.1, -0.05) is 12.1 Å². The fourth-order valence-electron chi connectivity index (χ4n) is 2.43. The number of benzene rings is 1. The molecule has 20 heavy (non-hydrogen) atoms. The SMILES string of the molecule is NCc1ccc2nc(-c3cnn4ccccc34)[nH]c2c1. The Morgan fingerprint density at radius 1 is 1.20 bits per heavy atom. The molecule has 0 spiro atoms. The summed E-state index contributed by atoms with van der Waals surface area (Å²) in [7, 11) is 0. The van der Waals surface area contributed by atoms with Crippen LogP contribution in [-0.4, -0.2) is 19.6 Å². The van der Waals surface area contributed by atoms with Gasteiger partial charge in [0.25, 0.3) is 0 Å². The first kappa shape index (κ1) is 11.2. The molecule has 5 heteroatoms. The lowest BCUT2D eigenvalue weighted by Gasteiger charge is -1.94. The van der Waals surface area contributed by atoms with Crippen LogP contribution in [0.15, 0.2) is 48.8 Å². The van der Waals surface area contributed by atoms with E-state index in [2.05, 4.69) is 15.1 Å². The standard InChI is InChI=1S/C15H13N5/c16-8-10-4-5-12-13(7-10)19-15(18-12)11-9-17-20-6-2-1-3-14(11)20/h1-7,9H,8,16H2,(H,18,19). The molecule has 0 fully saturated rings. The van der Waals surface area contributed by atoms with Crippen LogP contribution in [0.1, 0.15) is 5.56 Å². The zero-order valence-corrected chi connectivity index (χ0v) is 10.7. The summed E-state index contributed by atoms with van der Waals surface area (Å²) >= 11 is 0. The molecular weight excluding hydrogens is 250 g/mol. The molecule has 0 atom stereocenters. The summed E-state index contributed by atoms with van der Waals surface area (Å²) in [6.07, 6.45) is 3.75. The lowest BCUT2D eigenvalue weighted by Crippen LogP contribution is -1.95. The third-order valence-corrected chi connectivity index (χ3v) is 3.46.